The summed E-state index contributed by atoms with van der Waals surface area (Å²) in [5.74, 6) is -0.443. The molecule has 2 amide bonds. The van der Waals surface area contributed by atoms with Crippen LogP contribution in [0.15, 0.2) is 42.5 Å². The normalized spacial score (nSPS) is 9.95. The molecular weight excluding hydrogens is 327 g/mol. The molecule has 0 aliphatic rings. The summed E-state index contributed by atoms with van der Waals surface area (Å²) in [6.45, 7) is 0. The minimum Gasteiger partial charge on any atom is -0.465 e. The zero-order chi connectivity index (χ0) is 16.1. The molecule has 7 heteroatoms. The summed E-state index contributed by atoms with van der Waals surface area (Å²) < 4.78 is 4.59. The molecule has 0 heterocycles. The molecule has 0 atom stereocenters. The number of nitrogens with one attached hydrogen (secondary N) is 2. The van der Waals surface area contributed by atoms with Crippen LogP contribution in [0.2, 0.25) is 10.0 Å². The molecule has 0 aliphatic carbocycles. The van der Waals surface area contributed by atoms with Crippen LogP contribution in [0.1, 0.15) is 10.4 Å². The minimum atomic E-state index is -0.477. The Morgan fingerprint density at radius 1 is 1.00 bits per heavy atom. The van der Waals surface area contributed by atoms with E-state index < -0.39 is 12.0 Å². The van der Waals surface area contributed by atoms with E-state index in [4.69, 9.17) is 23.2 Å². The highest BCUT2D eigenvalue weighted by atomic mass is 35.5. The molecule has 2 aromatic rings. The molecule has 0 radical (unpaired) electrons. The number of benzene rings is 2. The van der Waals surface area contributed by atoms with Gasteiger partial charge in [-0.05, 0) is 42.5 Å². The fraction of sp³-hybridized carbons (Fsp3) is 0.0667. The number of carbonyl (C=O) groups is 2. The van der Waals surface area contributed by atoms with Gasteiger partial charge >= 0.3 is 12.0 Å². The Kier molecular flexibility index (Phi) is 5.25. The highest BCUT2D eigenvalue weighted by molar-refractivity contribution is 6.35. The summed E-state index contributed by atoms with van der Waals surface area (Å²) in [4.78, 5) is 23.2. The smallest absolute Gasteiger partial charge is 0.337 e. The van der Waals surface area contributed by atoms with E-state index in [1.807, 2.05) is 0 Å². The van der Waals surface area contributed by atoms with Crippen LogP contribution in [-0.4, -0.2) is 19.1 Å². The third-order valence-electron chi connectivity index (χ3n) is 2.74. The Morgan fingerprint density at radius 2 is 1.68 bits per heavy atom. The van der Waals surface area contributed by atoms with Gasteiger partial charge in [0.1, 0.15) is 0 Å². The lowest BCUT2D eigenvalue weighted by Crippen LogP contribution is -2.19. The number of urea groups is 1. The second kappa shape index (κ2) is 7.15. The highest BCUT2D eigenvalue weighted by Crippen LogP contribution is 2.25. The Bertz CT molecular complexity index is 702. The molecule has 0 bridgehead atoms. The summed E-state index contributed by atoms with van der Waals surface area (Å²) in [6.07, 6.45) is 0. The largest absolute Gasteiger partial charge is 0.465 e. The number of ether oxygens (including phenoxy) is 1. The van der Waals surface area contributed by atoms with Gasteiger partial charge in [0, 0.05) is 10.7 Å². The predicted molar refractivity (Wildman–Crippen MR) is 86.9 cm³/mol. The molecule has 0 spiro atoms. The van der Waals surface area contributed by atoms with Crippen molar-refractivity contribution in [3.05, 3.63) is 58.1 Å². The number of halogens is 2. The SMILES string of the molecule is COC(=O)c1ccc(NC(=O)Nc2cc(Cl)ccc2Cl)cc1. The lowest BCUT2D eigenvalue weighted by molar-refractivity contribution is 0.0601. The van der Waals surface area contributed by atoms with E-state index in [0.717, 1.165) is 0 Å². The molecule has 0 fully saturated rings. The van der Waals surface area contributed by atoms with Crippen LogP contribution in [0, 0.1) is 0 Å². The molecule has 0 aromatic heterocycles. The molecule has 114 valence electrons. The number of carbonyl (C=O) groups excluding carboxylic acids is 2. The van der Waals surface area contributed by atoms with E-state index in [9.17, 15) is 9.59 Å². The van der Waals surface area contributed by atoms with Crippen LogP contribution in [-0.2, 0) is 4.74 Å². The van der Waals surface area contributed by atoms with Crippen LogP contribution < -0.4 is 10.6 Å². The van der Waals surface area contributed by atoms with Crippen molar-refractivity contribution in [3.8, 4) is 0 Å². The summed E-state index contributed by atoms with van der Waals surface area (Å²) in [7, 11) is 1.30. The number of anilines is 2. The molecule has 0 aliphatic heterocycles. The Balaban J connectivity index is 2.03. The van der Waals surface area contributed by atoms with Gasteiger partial charge in [0.2, 0.25) is 0 Å². The maximum Gasteiger partial charge on any atom is 0.337 e. The van der Waals surface area contributed by atoms with E-state index in [2.05, 4.69) is 15.4 Å². The van der Waals surface area contributed by atoms with Gasteiger partial charge in [0.15, 0.2) is 0 Å². The predicted octanol–water partition coefficient (Wildman–Crippen LogP) is 4.42. The summed E-state index contributed by atoms with van der Waals surface area (Å²) in [5.41, 5.74) is 1.31. The summed E-state index contributed by atoms with van der Waals surface area (Å²) >= 11 is 11.8. The average Bonchev–Trinajstić information content (AvgIpc) is 2.51. The third-order valence-corrected chi connectivity index (χ3v) is 3.31. The Hall–Kier alpha value is -2.24. The molecule has 22 heavy (non-hydrogen) atoms. The second-order valence-corrected chi connectivity index (χ2v) is 5.12. The van der Waals surface area contributed by atoms with Crippen molar-refractivity contribution in [2.75, 3.05) is 17.7 Å². The molecule has 2 N–H and O–H groups in total. The lowest BCUT2D eigenvalue weighted by atomic mass is 10.2. The van der Waals surface area contributed by atoms with Crippen LogP contribution >= 0.6 is 23.2 Å². The van der Waals surface area contributed by atoms with Crippen molar-refractivity contribution in [1.29, 1.82) is 0 Å². The molecule has 5 nitrogen and oxygen atoms in total. The highest BCUT2D eigenvalue weighted by Gasteiger charge is 2.08. The zero-order valence-electron chi connectivity index (χ0n) is 11.5. The van der Waals surface area contributed by atoms with E-state index >= 15 is 0 Å². The van der Waals surface area contributed by atoms with E-state index in [0.29, 0.717) is 27.0 Å². The van der Waals surface area contributed by atoms with Gasteiger partial charge in [-0.3, -0.25) is 0 Å². The second-order valence-electron chi connectivity index (χ2n) is 4.27. The topological polar surface area (TPSA) is 67.4 Å². The van der Waals surface area contributed by atoms with Crippen molar-refractivity contribution in [1.82, 2.24) is 0 Å². The first-order chi connectivity index (χ1) is 10.5. The van der Waals surface area contributed by atoms with E-state index in [1.165, 1.54) is 7.11 Å². The van der Waals surface area contributed by atoms with Gasteiger partial charge < -0.3 is 15.4 Å². The fourth-order valence-corrected chi connectivity index (χ4v) is 2.02. The van der Waals surface area contributed by atoms with Crippen molar-refractivity contribution in [2.24, 2.45) is 0 Å². The lowest BCUT2D eigenvalue weighted by Gasteiger charge is -2.09. The first-order valence-corrected chi connectivity index (χ1v) is 6.96. The van der Waals surface area contributed by atoms with Crippen LogP contribution in [0.4, 0.5) is 16.2 Å². The first-order valence-electron chi connectivity index (χ1n) is 6.21. The number of amides is 2. The monoisotopic (exact) mass is 338 g/mol. The zero-order valence-corrected chi connectivity index (χ0v) is 13.0. The number of rotatable bonds is 3. The molecule has 0 saturated heterocycles. The van der Waals surface area contributed by atoms with Crippen LogP contribution in [0.25, 0.3) is 0 Å². The maximum absolute atomic E-state index is 11.9. The number of methoxy groups -OCH3 is 1. The quantitative estimate of drug-likeness (QED) is 0.813. The van der Waals surface area contributed by atoms with Crippen molar-refractivity contribution in [3.63, 3.8) is 0 Å². The first kappa shape index (κ1) is 16.1. The van der Waals surface area contributed by atoms with Gasteiger partial charge in [-0.25, -0.2) is 9.59 Å². The van der Waals surface area contributed by atoms with E-state index in [-0.39, 0.29) is 0 Å². The molecular formula is C15H12Cl2N2O3. The number of esters is 1. The molecule has 0 saturated carbocycles. The Labute approximate surface area is 137 Å². The fourth-order valence-electron chi connectivity index (χ4n) is 1.69. The van der Waals surface area contributed by atoms with Gasteiger partial charge in [0.05, 0.1) is 23.4 Å². The molecule has 0 unspecified atom stereocenters. The average molecular weight is 339 g/mol. The summed E-state index contributed by atoms with van der Waals surface area (Å²) in [5, 5.41) is 6.04. The number of hydrogen-bond acceptors (Lipinski definition) is 3. The van der Waals surface area contributed by atoms with Crippen LogP contribution in [0.5, 0.6) is 0 Å². The third kappa shape index (κ3) is 4.13. The van der Waals surface area contributed by atoms with Gasteiger partial charge in [-0.1, -0.05) is 23.2 Å². The maximum atomic E-state index is 11.9. The number of hydrogen-bond donors (Lipinski definition) is 2. The Morgan fingerprint density at radius 3 is 2.32 bits per heavy atom. The van der Waals surface area contributed by atoms with Crippen LogP contribution in [0.3, 0.4) is 0 Å². The van der Waals surface area contributed by atoms with Crippen molar-refractivity contribution >= 4 is 46.6 Å². The van der Waals surface area contributed by atoms with Gasteiger partial charge in [-0.2, -0.15) is 0 Å². The van der Waals surface area contributed by atoms with Gasteiger partial charge in [-0.15, -0.1) is 0 Å². The molecule has 2 rings (SSSR count). The molecule has 2 aromatic carbocycles. The summed E-state index contributed by atoms with van der Waals surface area (Å²) in [6, 6.07) is 10.6. The minimum absolute atomic E-state index is 0.376. The van der Waals surface area contributed by atoms with Crippen molar-refractivity contribution in [2.45, 2.75) is 0 Å². The standard InChI is InChI=1S/C15H12Cl2N2O3/c1-22-14(20)9-2-5-11(6-3-9)18-15(21)19-13-8-10(16)4-7-12(13)17/h2-8H,1H3,(H2,18,19,21). The van der Waals surface area contributed by atoms with Crippen molar-refractivity contribution < 1.29 is 14.3 Å². The van der Waals surface area contributed by atoms with Gasteiger partial charge in [0.25, 0.3) is 0 Å². The van der Waals surface area contributed by atoms with E-state index in [1.54, 1.807) is 42.5 Å².